The molecule has 1 aromatic heterocycles. The number of aromatic nitrogens is 1. The van der Waals surface area contributed by atoms with Crippen LogP contribution in [0.15, 0.2) is 24.4 Å². The number of carboxylic acids is 1. The van der Waals surface area contributed by atoms with E-state index < -0.39 is 16.8 Å². The van der Waals surface area contributed by atoms with Crippen LogP contribution in [0.25, 0.3) is 10.4 Å². The fourth-order valence-corrected chi connectivity index (χ4v) is 5.20. The molecule has 1 aliphatic heterocycles. The summed E-state index contributed by atoms with van der Waals surface area (Å²) in [5.41, 5.74) is 0.985. The van der Waals surface area contributed by atoms with E-state index in [1.54, 1.807) is 37.3 Å². The molecule has 2 aromatic rings. The summed E-state index contributed by atoms with van der Waals surface area (Å²) in [6, 6.07) is 5.13. The van der Waals surface area contributed by atoms with Crippen molar-refractivity contribution >= 4 is 29.1 Å². The van der Waals surface area contributed by atoms with Gasteiger partial charge in [-0.1, -0.05) is 0 Å². The fourth-order valence-electron chi connectivity index (χ4n) is 2.78. The Labute approximate surface area is 154 Å². The van der Waals surface area contributed by atoms with Crippen LogP contribution in [0, 0.1) is 0 Å². The number of benzene rings is 1. The number of thiazole rings is 1. The molecule has 3 rings (SSSR count). The normalized spacial score (nSPS) is 21.9. The number of hydrogen-bond acceptors (Lipinski definition) is 7. The average molecular weight is 380 g/mol. The number of carbonyl (C=O) groups is 1. The number of nitrogens with one attached hydrogen (secondary N) is 1. The molecule has 1 fully saturated rings. The maximum absolute atomic E-state index is 11.4. The van der Waals surface area contributed by atoms with Crippen LogP contribution in [0.2, 0.25) is 0 Å². The topological polar surface area (TPSA) is 80.7 Å². The Kier molecular flexibility index (Phi) is 4.95. The molecule has 2 unspecified atom stereocenters. The van der Waals surface area contributed by atoms with Crippen molar-refractivity contribution in [3.05, 3.63) is 29.4 Å². The smallest absolute Gasteiger partial charge is 0.322 e. The Bertz CT molecular complexity index is 791. The molecule has 0 spiro atoms. The molecule has 0 saturated carbocycles. The second kappa shape index (κ2) is 6.86. The van der Waals surface area contributed by atoms with Crippen LogP contribution in [-0.4, -0.2) is 41.1 Å². The molecule has 134 valence electrons. The van der Waals surface area contributed by atoms with Gasteiger partial charge >= 0.3 is 5.97 Å². The van der Waals surface area contributed by atoms with E-state index in [1.165, 1.54) is 0 Å². The summed E-state index contributed by atoms with van der Waals surface area (Å²) in [4.78, 5) is 16.9. The van der Waals surface area contributed by atoms with Gasteiger partial charge in [0.15, 0.2) is 11.5 Å². The number of carboxylic acid groups (broad SMARTS) is 1. The van der Waals surface area contributed by atoms with Crippen molar-refractivity contribution in [2.45, 2.75) is 30.0 Å². The molecule has 0 aliphatic carbocycles. The lowest BCUT2D eigenvalue weighted by Gasteiger charge is -2.20. The summed E-state index contributed by atoms with van der Waals surface area (Å²) < 4.78 is 10.2. The fraction of sp³-hybridized carbons (Fsp3) is 0.412. The third-order valence-corrected chi connectivity index (χ3v) is 6.80. The minimum absolute atomic E-state index is 0.130. The van der Waals surface area contributed by atoms with E-state index in [0.29, 0.717) is 11.5 Å². The third kappa shape index (κ3) is 3.47. The van der Waals surface area contributed by atoms with E-state index in [9.17, 15) is 9.90 Å². The molecule has 0 bridgehead atoms. The molecule has 8 heteroatoms. The van der Waals surface area contributed by atoms with E-state index in [1.807, 2.05) is 38.2 Å². The summed E-state index contributed by atoms with van der Waals surface area (Å²) in [6.45, 7) is 3.87. The van der Waals surface area contributed by atoms with Crippen molar-refractivity contribution in [1.82, 2.24) is 10.3 Å². The summed E-state index contributed by atoms with van der Waals surface area (Å²) >= 11 is 3.14. The van der Waals surface area contributed by atoms with Gasteiger partial charge in [0, 0.05) is 10.9 Å². The van der Waals surface area contributed by atoms with Gasteiger partial charge in [0.25, 0.3) is 0 Å². The minimum atomic E-state index is -0.836. The number of ether oxygens (including phenoxy) is 2. The van der Waals surface area contributed by atoms with Gasteiger partial charge in [0.2, 0.25) is 0 Å². The number of methoxy groups -OCH3 is 2. The highest BCUT2D eigenvalue weighted by molar-refractivity contribution is 8.01. The van der Waals surface area contributed by atoms with Crippen molar-refractivity contribution in [3.63, 3.8) is 0 Å². The molecule has 2 heterocycles. The SMILES string of the molecule is COc1ccc(-c2cnc(C3NC(C(=O)O)C(C)(C)S3)s2)cc1OC. The van der Waals surface area contributed by atoms with Gasteiger partial charge < -0.3 is 14.6 Å². The highest BCUT2D eigenvalue weighted by Crippen LogP contribution is 2.47. The van der Waals surface area contributed by atoms with Crippen molar-refractivity contribution in [2.24, 2.45) is 0 Å². The van der Waals surface area contributed by atoms with Gasteiger partial charge in [0.1, 0.15) is 16.4 Å². The summed E-state index contributed by atoms with van der Waals surface area (Å²) in [6.07, 6.45) is 1.81. The predicted molar refractivity (Wildman–Crippen MR) is 99.6 cm³/mol. The standard InChI is InChI=1S/C17H20N2O4S2/c1-17(2)13(16(20)21)19-15(25-17)14-18-8-12(24-14)9-5-6-10(22-3)11(7-9)23-4/h5-8,13,15,19H,1-4H3,(H,20,21). The highest BCUT2D eigenvalue weighted by atomic mass is 32.2. The first-order valence-electron chi connectivity index (χ1n) is 7.70. The van der Waals surface area contributed by atoms with E-state index in [2.05, 4.69) is 10.3 Å². The molecule has 6 nitrogen and oxygen atoms in total. The minimum Gasteiger partial charge on any atom is -0.493 e. The van der Waals surface area contributed by atoms with E-state index in [-0.39, 0.29) is 5.37 Å². The zero-order valence-electron chi connectivity index (χ0n) is 14.4. The Balaban J connectivity index is 1.85. The molecule has 1 aromatic carbocycles. The molecular weight excluding hydrogens is 360 g/mol. The van der Waals surface area contributed by atoms with Crippen molar-refractivity contribution in [3.8, 4) is 21.9 Å². The van der Waals surface area contributed by atoms with Crippen LogP contribution < -0.4 is 14.8 Å². The van der Waals surface area contributed by atoms with Crippen LogP contribution in [0.3, 0.4) is 0 Å². The lowest BCUT2D eigenvalue weighted by Crippen LogP contribution is -2.43. The zero-order chi connectivity index (χ0) is 18.2. The average Bonchev–Trinajstić information content (AvgIpc) is 3.18. The predicted octanol–water partition coefficient (Wildman–Crippen LogP) is 3.39. The molecule has 0 radical (unpaired) electrons. The zero-order valence-corrected chi connectivity index (χ0v) is 16.0. The lowest BCUT2D eigenvalue weighted by molar-refractivity contribution is -0.139. The second-order valence-electron chi connectivity index (χ2n) is 6.17. The largest absolute Gasteiger partial charge is 0.493 e. The molecule has 2 atom stereocenters. The Morgan fingerprint density at radius 2 is 2.00 bits per heavy atom. The van der Waals surface area contributed by atoms with Gasteiger partial charge in [0.05, 0.1) is 19.1 Å². The summed E-state index contributed by atoms with van der Waals surface area (Å²) in [5, 5.41) is 13.3. The molecule has 1 aliphatic rings. The quantitative estimate of drug-likeness (QED) is 0.823. The first-order valence-corrected chi connectivity index (χ1v) is 9.40. The van der Waals surface area contributed by atoms with Crippen LogP contribution in [0.5, 0.6) is 11.5 Å². The van der Waals surface area contributed by atoms with Crippen molar-refractivity contribution in [2.75, 3.05) is 14.2 Å². The van der Waals surface area contributed by atoms with Gasteiger partial charge in [-0.2, -0.15) is 0 Å². The lowest BCUT2D eigenvalue weighted by atomic mass is 10.0. The van der Waals surface area contributed by atoms with Gasteiger partial charge in [-0.25, -0.2) is 4.98 Å². The van der Waals surface area contributed by atoms with Gasteiger partial charge in [-0.3, -0.25) is 10.1 Å². The van der Waals surface area contributed by atoms with E-state index in [0.717, 1.165) is 15.4 Å². The van der Waals surface area contributed by atoms with Crippen LogP contribution in [-0.2, 0) is 4.79 Å². The second-order valence-corrected chi connectivity index (χ2v) is 8.99. The first-order chi connectivity index (χ1) is 11.9. The molecule has 1 saturated heterocycles. The van der Waals surface area contributed by atoms with Crippen molar-refractivity contribution < 1.29 is 19.4 Å². The maximum Gasteiger partial charge on any atom is 0.322 e. The number of rotatable bonds is 5. The molecular formula is C17H20N2O4S2. The monoisotopic (exact) mass is 380 g/mol. The van der Waals surface area contributed by atoms with Crippen LogP contribution in [0.1, 0.15) is 24.2 Å². The number of hydrogen-bond donors (Lipinski definition) is 2. The summed E-state index contributed by atoms with van der Waals surface area (Å²) in [5.74, 6) is 0.502. The van der Waals surface area contributed by atoms with Gasteiger partial charge in [-0.15, -0.1) is 23.1 Å². The van der Waals surface area contributed by atoms with Crippen molar-refractivity contribution in [1.29, 1.82) is 0 Å². The highest BCUT2D eigenvalue weighted by Gasteiger charge is 2.46. The number of thioether (sulfide) groups is 1. The Morgan fingerprint density at radius 1 is 1.28 bits per heavy atom. The third-order valence-electron chi connectivity index (χ3n) is 4.10. The Morgan fingerprint density at radius 3 is 2.60 bits per heavy atom. The number of nitrogens with zero attached hydrogens (tertiary/aromatic N) is 1. The molecule has 0 amide bonds. The van der Waals surface area contributed by atoms with Gasteiger partial charge in [-0.05, 0) is 37.6 Å². The summed E-state index contributed by atoms with van der Waals surface area (Å²) in [7, 11) is 3.21. The maximum atomic E-state index is 11.4. The molecule has 2 N–H and O–H groups in total. The Hall–Kier alpha value is -1.77. The van der Waals surface area contributed by atoms with E-state index in [4.69, 9.17) is 9.47 Å². The first kappa shape index (κ1) is 18.0. The van der Waals surface area contributed by atoms with Crippen LogP contribution in [0.4, 0.5) is 0 Å². The number of aliphatic carboxylic acids is 1. The van der Waals surface area contributed by atoms with E-state index >= 15 is 0 Å². The molecule has 25 heavy (non-hydrogen) atoms. The van der Waals surface area contributed by atoms with Crippen LogP contribution >= 0.6 is 23.1 Å².